The van der Waals surface area contributed by atoms with E-state index in [9.17, 15) is 13.9 Å². The summed E-state index contributed by atoms with van der Waals surface area (Å²) in [5, 5.41) is 15.0. The van der Waals surface area contributed by atoms with Crippen molar-refractivity contribution >= 4 is 15.9 Å². The summed E-state index contributed by atoms with van der Waals surface area (Å²) in [5.74, 6) is -1.98. The Morgan fingerprint density at radius 2 is 2.05 bits per heavy atom. The number of aryl methyl sites for hydroxylation is 2. The van der Waals surface area contributed by atoms with Crippen LogP contribution in [0, 0.1) is 18.6 Å². The van der Waals surface area contributed by atoms with Gasteiger partial charge in [-0.3, -0.25) is 4.68 Å². The van der Waals surface area contributed by atoms with Crippen molar-refractivity contribution in [3.8, 4) is 0 Å². The molecule has 1 unspecified atom stereocenters. The minimum atomic E-state index is -1.53. The molecule has 0 saturated carbocycles. The van der Waals surface area contributed by atoms with Crippen LogP contribution in [0.1, 0.15) is 30.8 Å². The molecule has 0 saturated heterocycles. The van der Waals surface area contributed by atoms with Gasteiger partial charge in [-0.25, -0.2) is 8.78 Å². The van der Waals surface area contributed by atoms with Crippen molar-refractivity contribution < 1.29 is 13.9 Å². The second kappa shape index (κ2) is 5.85. The van der Waals surface area contributed by atoms with Crippen LogP contribution < -0.4 is 0 Å². The summed E-state index contributed by atoms with van der Waals surface area (Å²) in [6.07, 6.45) is 0.128. The first-order chi connectivity index (χ1) is 9.77. The van der Waals surface area contributed by atoms with Crippen molar-refractivity contribution in [3.63, 3.8) is 0 Å². The lowest BCUT2D eigenvalue weighted by Gasteiger charge is -2.25. The van der Waals surface area contributed by atoms with Crippen LogP contribution in [0.3, 0.4) is 0 Å². The molecular formula is C15H17BrF2N2O. The van der Waals surface area contributed by atoms with E-state index in [0.717, 1.165) is 21.9 Å². The minimum absolute atomic E-state index is 0.0593. The van der Waals surface area contributed by atoms with Crippen LogP contribution in [-0.4, -0.2) is 14.9 Å². The van der Waals surface area contributed by atoms with Gasteiger partial charge in [0.05, 0.1) is 21.5 Å². The van der Waals surface area contributed by atoms with E-state index < -0.39 is 17.2 Å². The fourth-order valence-corrected chi connectivity index (χ4v) is 2.80. The lowest BCUT2D eigenvalue weighted by atomic mass is 9.90. The van der Waals surface area contributed by atoms with Gasteiger partial charge in [-0.15, -0.1) is 0 Å². The normalized spacial score (nSPS) is 14.2. The molecule has 2 rings (SSSR count). The molecular weight excluding hydrogens is 342 g/mol. The highest BCUT2D eigenvalue weighted by Gasteiger charge is 2.31. The molecule has 1 N–H and O–H groups in total. The second-order valence-corrected chi connectivity index (χ2v) is 6.01. The molecule has 1 atom stereocenters. The summed E-state index contributed by atoms with van der Waals surface area (Å²) >= 11 is 3.44. The van der Waals surface area contributed by atoms with Crippen molar-refractivity contribution in [1.82, 2.24) is 9.78 Å². The van der Waals surface area contributed by atoms with Crippen molar-refractivity contribution in [1.29, 1.82) is 0 Å². The molecule has 0 aliphatic rings. The third kappa shape index (κ3) is 3.01. The third-order valence-electron chi connectivity index (χ3n) is 3.50. The Hall–Kier alpha value is -1.27. The second-order valence-electron chi connectivity index (χ2n) is 5.21. The number of hydrogen-bond donors (Lipinski definition) is 1. The SMILES string of the molecule is CCn1nc(C)c(Br)c1CC(C)(O)c1cccc(F)c1F. The molecule has 0 aliphatic carbocycles. The molecule has 21 heavy (non-hydrogen) atoms. The van der Waals surface area contributed by atoms with Gasteiger partial charge < -0.3 is 5.11 Å². The van der Waals surface area contributed by atoms with Gasteiger partial charge >= 0.3 is 0 Å². The molecule has 1 aromatic carbocycles. The molecule has 1 aromatic heterocycles. The largest absolute Gasteiger partial charge is 0.385 e. The molecule has 0 aliphatic heterocycles. The summed E-state index contributed by atoms with van der Waals surface area (Å²) in [5.41, 5.74) is -0.0457. The van der Waals surface area contributed by atoms with Gasteiger partial charge in [0.15, 0.2) is 11.6 Å². The smallest absolute Gasteiger partial charge is 0.164 e. The van der Waals surface area contributed by atoms with E-state index in [0.29, 0.717) is 6.54 Å². The van der Waals surface area contributed by atoms with Crippen LogP contribution in [-0.2, 0) is 18.6 Å². The van der Waals surface area contributed by atoms with Gasteiger partial charge in [0.2, 0.25) is 0 Å². The predicted octanol–water partition coefficient (Wildman–Crippen LogP) is 3.70. The summed E-state index contributed by atoms with van der Waals surface area (Å²) < 4.78 is 29.8. The molecule has 1 heterocycles. The monoisotopic (exact) mass is 358 g/mol. The minimum Gasteiger partial charge on any atom is -0.385 e. The first-order valence-corrected chi connectivity index (χ1v) is 7.46. The highest BCUT2D eigenvalue weighted by Crippen LogP contribution is 2.32. The summed E-state index contributed by atoms with van der Waals surface area (Å²) in [7, 11) is 0. The Kier molecular flexibility index (Phi) is 4.49. The quantitative estimate of drug-likeness (QED) is 0.904. The fourth-order valence-electron chi connectivity index (χ4n) is 2.38. The highest BCUT2D eigenvalue weighted by atomic mass is 79.9. The molecule has 0 amide bonds. The van der Waals surface area contributed by atoms with Crippen LogP contribution >= 0.6 is 15.9 Å². The molecule has 114 valence electrons. The average molecular weight is 359 g/mol. The molecule has 0 bridgehead atoms. The number of aromatic nitrogens is 2. The summed E-state index contributed by atoms with van der Waals surface area (Å²) in [6.45, 7) is 5.88. The average Bonchev–Trinajstić information content (AvgIpc) is 2.69. The van der Waals surface area contributed by atoms with Crippen LogP contribution in [0.25, 0.3) is 0 Å². The van der Waals surface area contributed by atoms with E-state index >= 15 is 0 Å². The zero-order chi connectivity index (χ0) is 15.8. The van der Waals surface area contributed by atoms with E-state index in [-0.39, 0.29) is 12.0 Å². The van der Waals surface area contributed by atoms with E-state index in [2.05, 4.69) is 21.0 Å². The van der Waals surface area contributed by atoms with Gasteiger partial charge in [0.25, 0.3) is 0 Å². The number of nitrogens with zero attached hydrogens (tertiary/aromatic N) is 2. The van der Waals surface area contributed by atoms with Crippen LogP contribution in [0.2, 0.25) is 0 Å². The van der Waals surface area contributed by atoms with Crippen molar-refractivity contribution in [2.24, 2.45) is 0 Å². The Morgan fingerprint density at radius 3 is 2.67 bits per heavy atom. The van der Waals surface area contributed by atoms with Crippen molar-refractivity contribution in [2.45, 2.75) is 39.3 Å². The Morgan fingerprint density at radius 1 is 1.38 bits per heavy atom. The number of benzene rings is 1. The topological polar surface area (TPSA) is 38.0 Å². The fraction of sp³-hybridized carbons (Fsp3) is 0.400. The van der Waals surface area contributed by atoms with Crippen LogP contribution in [0.4, 0.5) is 8.78 Å². The summed E-state index contributed by atoms with van der Waals surface area (Å²) in [4.78, 5) is 0. The van der Waals surface area contributed by atoms with E-state index in [1.165, 1.54) is 19.1 Å². The Bertz CT molecular complexity index is 668. The zero-order valence-corrected chi connectivity index (χ0v) is 13.7. The maximum atomic E-state index is 13.9. The lowest BCUT2D eigenvalue weighted by molar-refractivity contribution is 0.0507. The Labute approximate surface area is 130 Å². The third-order valence-corrected chi connectivity index (χ3v) is 4.53. The lowest BCUT2D eigenvalue weighted by Crippen LogP contribution is -2.27. The van der Waals surface area contributed by atoms with Gasteiger partial charge in [-0.2, -0.15) is 5.10 Å². The summed E-state index contributed by atoms with van der Waals surface area (Å²) in [6, 6.07) is 3.82. The van der Waals surface area contributed by atoms with E-state index in [1.54, 1.807) is 4.68 Å². The first-order valence-electron chi connectivity index (χ1n) is 6.66. The number of halogens is 3. The number of hydrogen-bond acceptors (Lipinski definition) is 2. The molecule has 6 heteroatoms. The van der Waals surface area contributed by atoms with Gasteiger partial charge in [0.1, 0.15) is 0 Å². The van der Waals surface area contributed by atoms with Gasteiger partial charge in [0, 0.05) is 18.5 Å². The molecule has 3 nitrogen and oxygen atoms in total. The molecule has 2 aromatic rings. The maximum Gasteiger partial charge on any atom is 0.164 e. The standard InChI is InChI=1S/C15H17BrF2N2O/c1-4-20-12(13(16)9(2)19-20)8-15(3,21)10-6-5-7-11(17)14(10)18/h5-7,21H,4,8H2,1-3H3. The van der Waals surface area contributed by atoms with Gasteiger partial charge in [-0.1, -0.05) is 12.1 Å². The highest BCUT2D eigenvalue weighted by molar-refractivity contribution is 9.10. The first kappa shape index (κ1) is 16.1. The maximum absolute atomic E-state index is 13.9. The molecule has 0 fully saturated rings. The number of rotatable bonds is 4. The predicted molar refractivity (Wildman–Crippen MR) is 80.0 cm³/mol. The van der Waals surface area contributed by atoms with Gasteiger partial charge in [-0.05, 0) is 42.8 Å². The zero-order valence-electron chi connectivity index (χ0n) is 12.1. The molecule has 0 spiro atoms. The van der Waals surface area contributed by atoms with E-state index in [1.807, 2.05) is 13.8 Å². The van der Waals surface area contributed by atoms with Crippen LogP contribution in [0.15, 0.2) is 22.7 Å². The van der Waals surface area contributed by atoms with E-state index in [4.69, 9.17) is 0 Å². The Balaban J connectivity index is 2.44. The number of aliphatic hydroxyl groups is 1. The van der Waals surface area contributed by atoms with Crippen molar-refractivity contribution in [3.05, 3.63) is 51.3 Å². The van der Waals surface area contributed by atoms with Crippen LogP contribution in [0.5, 0.6) is 0 Å². The van der Waals surface area contributed by atoms with Crippen molar-refractivity contribution in [2.75, 3.05) is 0 Å². The molecule has 0 radical (unpaired) electrons.